The van der Waals surface area contributed by atoms with Gasteiger partial charge in [-0.15, -0.1) is 0 Å². The van der Waals surface area contributed by atoms with Crippen LogP contribution in [-0.2, 0) is 9.22 Å². The smallest absolute Gasteiger partial charge is 0.253 e. The van der Waals surface area contributed by atoms with Gasteiger partial charge in [-0.05, 0) is 59.1 Å². The van der Waals surface area contributed by atoms with Crippen molar-refractivity contribution in [3.05, 3.63) is 95.6 Å². The number of ether oxygens (including phenoxy) is 1. The summed E-state index contributed by atoms with van der Waals surface area (Å²) in [5.74, 6) is 1.12. The molecule has 0 bridgehead atoms. The average Bonchev–Trinajstić information content (AvgIpc) is 3.08. The number of Topliss-reactive ketones (excluding diaryl/α,β-unsaturated/α-hetero) is 1. The number of carbonyl (C=O) groups excluding carboxylic acids is 1. The molecule has 0 spiro atoms. The molecule has 32 heavy (non-hydrogen) atoms. The Bertz CT molecular complexity index is 1080. The minimum absolute atomic E-state index is 0.131. The Balaban J connectivity index is 1.76. The standard InChI is InChI=1S/C28H30O3Si/c1-20-17-23(30-3)16-15-22(20)19-26-27(29)18-21(2)28(26)31-32(4,24-11-7-5-8-12-24)25-13-9-6-10-14-25/h5-17,19,21,28H,18H2,1-4H3/b26-19+. The molecule has 2 atom stereocenters. The number of benzene rings is 3. The van der Waals surface area contributed by atoms with Gasteiger partial charge in [0.15, 0.2) is 5.78 Å². The fourth-order valence-corrected chi connectivity index (χ4v) is 7.63. The highest BCUT2D eigenvalue weighted by molar-refractivity contribution is 6.96. The molecule has 3 aromatic carbocycles. The van der Waals surface area contributed by atoms with E-state index >= 15 is 0 Å². The second-order valence-electron chi connectivity index (χ2n) is 8.73. The third kappa shape index (κ3) is 4.34. The van der Waals surface area contributed by atoms with Gasteiger partial charge in [0.05, 0.1) is 13.2 Å². The maximum atomic E-state index is 13.0. The van der Waals surface area contributed by atoms with E-state index in [1.807, 2.05) is 43.3 Å². The lowest BCUT2D eigenvalue weighted by molar-refractivity contribution is -0.114. The Hall–Kier alpha value is -2.95. The van der Waals surface area contributed by atoms with Crippen LogP contribution in [0.4, 0.5) is 0 Å². The highest BCUT2D eigenvalue weighted by Crippen LogP contribution is 2.34. The van der Waals surface area contributed by atoms with Crippen LogP contribution in [0.2, 0.25) is 6.55 Å². The van der Waals surface area contributed by atoms with Crippen LogP contribution in [0.5, 0.6) is 5.75 Å². The van der Waals surface area contributed by atoms with Crippen molar-refractivity contribution in [1.82, 2.24) is 0 Å². The maximum Gasteiger partial charge on any atom is 0.253 e. The number of rotatable bonds is 6. The van der Waals surface area contributed by atoms with Crippen LogP contribution in [-0.4, -0.2) is 27.3 Å². The largest absolute Gasteiger partial charge is 0.497 e. The lowest BCUT2D eigenvalue weighted by Gasteiger charge is -2.33. The molecule has 1 saturated carbocycles. The van der Waals surface area contributed by atoms with Gasteiger partial charge in [-0.1, -0.05) is 73.7 Å². The summed E-state index contributed by atoms with van der Waals surface area (Å²) in [6.07, 6.45) is 2.30. The van der Waals surface area contributed by atoms with Gasteiger partial charge in [0.2, 0.25) is 0 Å². The van der Waals surface area contributed by atoms with Crippen LogP contribution >= 0.6 is 0 Å². The quantitative estimate of drug-likeness (QED) is 0.407. The molecular formula is C28H30O3Si. The number of hydrogen-bond donors (Lipinski definition) is 0. The molecule has 0 amide bonds. The molecule has 4 heteroatoms. The number of methoxy groups -OCH3 is 1. The first-order chi connectivity index (χ1) is 15.4. The summed E-state index contributed by atoms with van der Waals surface area (Å²) >= 11 is 0. The summed E-state index contributed by atoms with van der Waals surface area (Å²) < 4.78 is 12.4. The highest BCUT2D eigenvalue weighted by atomic mass is 28.4. The zero-order valence-corrected chi connectivity index (χ0v) is 20.2. The van der Waals surface area contributed by atoms with E-state index in [0.29, 0.717) is 6.42 Å². The van der Waals surface area contributed by atoms with Gasteiger partial charge in [0, 0.05) is 12.0 Å². The van der Waals surface area contributed by atoms with Crippen molar-refractivity contribution in [2.45, 2.75) is 32.9 Å². The first kappa shape index (κ1) is 22.2. The molecule has 0 radical (unpaired) electrons. The Kier molecular flexibility index (Phi) is 6.44. The van der Waals surface area contributed by atoms with Crippen molar-refractivity contribution in [3.63, 3.8) is 0 Å². The van der Waals surface area contributed by atoms with Crippen LogP contribution < -0.4 is 15.1 Å². The van der Waals surface area contributed by atoms with E-state index in [-0.39, 0.29) is 17.8 Å². The fourth-order valence-electron chi connectivity index (χ4n) is 4.50. The molecule has 0 heterocycles. The van der Waals surface area contributed by atoms with Gasteiger partial charge in [-0.2, -0.15) is 0 Å². The molecule has 2 unspecified atom stereocenters. The summed E-state index contributed by atoms with van der Waals surface area (Å²) in [7, 11) is -0.874. The van der Waals surface area contributed by atoms with Gasteiger partial charge >= 0.3 is 0 Å². The van der Waals surface area contributed by atoms with Crippen molar-refractivity contribution >= 4 is 30.6 Å². The number of hydrogen-bond acceptors (Lipinski definition) is 3. The van der Waals surface area contributed by atoms with Crippen LogP contribution in [0.3, 0.4) is 0 Å². The molecule has 3 nitrogen and oxygen atoms in total. The van der Waals surface area contributed by atoms with Crippen LogP contribution in [0, 0.1) is 12.8 Å². The Labute approximate surface area is 191 Å². The molecule has 0 aliphatic heterocycles. The predicted octanol–water partition coefficient (Wildman–Crippen LogP) is 4.77. The lowest BCUT2D eigenvalue weighted by Crippen LogP contribution is -2.60. The lowest BCUT2D eigenvalue weighted by atomic mass is 10.0. The predicted molar refractivity (Wildman–Crippen MR) is 133 cm³/mol. The molecule has 1 aliphatic rings. The maximum absolute atomic E-state index is 13.0. The number of aryl methyl sites for hydroxylation is 1. The van der Waals surface area contributed by atoms with Gasteiger partial charge in [0.1, 0.15) is 5.75 Å². The number of carbonyl (C=O) groups is 1. The van der Waals surface area contributed by atoms with E-state index in [0.717, 1.165) is 22.4 Å². The first-order valence-electron chi connectivity index (χ1n) is 11.1. The van der Waals surface area contributed by atoms with E-state index in [1.54, 1.807) is 7.11 Å². The Morgan fingerprint density at radius 2 is 1.53 bits per heavy atom. The highest BCUT2D eigenvalue weighted by Gasteiger charge is 2.43. The molecule has 0 aromatic heterocycles. The van der Waals surface area contributed by atoms with Crippen LogP contribution in [0.1, 0.15) is 24.5 Å². The molecule has 0 saturated heterocycles. The van der Waals surface area contributed by atoms with E-state index in [2.05, 4.69) is 62.0 Å². The van der Waals surface area contributed by atoms with Gasteiger partial charge < -0.3 is 9.16 Å². The normalized spacial score (nSPS) is 20.0. The Morgan fingerprint density at radius 1 is 0.938 bits per heavy atom. The summed E-state index contributed by atoms with van der Waals surface area (Å²) in [5, 5.41) is 2.41. The van der Waals surface area contributed by atoms with Crippen molar-refractivity contribution in [2.75, 3.05) is 7.11 Å². The van der Waals surface area contributed by atoms with Crippen molar-refractivity contribution in [1.29, 1.82) is 0 Å². The topological polar surface area (TPSA) is 35.5 Å². The summed E-state index contributed by atoms with van der Waals surface area (Å²) in [4.78, 5) is 13.0. The molecule has 1 fully saturated rings. The van der Waals surface area contributed by atoms with Crippen molar-refractivity contribution in [3.8, 4) is 5.75 Å². The molecule has 3 aromatic rings. The average molecular weight is 443 g/mol. The van der Waals surface area contributed by atoms with Gasteiger partial charge in [-0.25, -0.2) is 0 Å². The van der Waals surface area contributed by atoms with Crippen molar-refractivity contribution in [2.24, 2.45) is 5.92 Å². The summed E-state index contributed by atoms with van der Waals surface area (Å²) in [6, 6.07) is 26.9. The summed E-state index contributed by atoms with van der Waals surface area (Å²) in [5.41, 5.74) is 2.88. The second kappa shape index (κ2) is 9.27. The zero-order valence-electron chi connectivity index (χ0n) is 19.2. The molecular weight excluding hydrogens is 412 g/mol. The fraction of sp³-hybridized carbons (Fsp3) is 0.250. The number of ketones is 1. The molecule has 0 N–H and O–H groups in total. The third-order valence-corrected chi connectivity index (χ3v) is 10.0. The Morgan fingerprint density at radius 3 is 2.06 bits per heavy atom. The van der Waals surface area contributed by atoms with Crippen LogP contribution in [0.25, 0.3) is 6.08 Å². The summed E-state index contributed by atoms with van der Waals surface area (Å²) in [6.45, 7) is 6.40. The molecule has 4 rings (SSSR count). The monoisotopic (exact) mass is 442 g/mol. The van der Waals surface area contributed by atoms with E-state index in [9.17, 15) is 4.79 Å². The second-order valence-corrected chi connectivity index (χ2v) is 12.2. The minimum Gasteiger partial charge on any atom is -0.497 e. The van der Waals surface area contributed by atoms with E-state index in [4.69, 9.17) is 9.16 Å². The zero-order chi connectivity index (χ0) is 22.7. The third-order valence-electron chi connectivity index (χ3n) is 6.45. The SMILES string of the molecule is COc1ccc(/C=C2\C(=O)CC(C)C2O[Si](C)(c2ccccc2)c2ccccc2)c(C)c1. The van der Waals surface area contributed by atoms with E-state index < -0.39 is 8.32 Å². The molecule has 1 aliphatic carbocycles. The van der Waals surface area contributed by atoms with Gasteiger partial charge in [-0.3, -0.25) is 4.79 Å². The minimum atomic E-state index is -2.54. The van der Waals surface area contributed by atoms with Crippen molar-refractivity contribution < 1.29 is 14.0 Å². The van der Waals surface area contributed by atoms with Crippen LogP contribution in [0.15, 0.2) is 84.4 Å². The van der Waals surface area contributed by atoms with E-state index in [1.165, 1.54) is 10.4 Å². The first-order valence-corrected chi connectivity index (χ1v) is 13.5. The van der Waals surface area contributed by atoms with Gasteiger partial charge in [0.25, 0.3) is 8.32 Å². The molecule has 164 valence electrons.